The van der Waals surface area contributed by atoms with Crippen LogP contribution in [-0.2, 0) is 6.42 Å². The number of aromatic nitrogens is 1. The van der Waals surface area contributed by atoms with Crippen LogP contribution in [0.5, 0.6) is 0 Å². The van der Waals surface area contributed by atoms with Gasteiger partial charge in [0.05, 0.1) is 12.6 Å². The molecule has 1 heterocycles. The molecule has 1 aromatic rings. The van der Waals surface area contributed by atoms with Crippen molar-refractivity contribution in [2.45, 2.75) is 13.3 Å². The fourth-order valence-electron chi connectivity index (χ4n) is 0.374. The minimum Gasteiger partial charge on any atom is -0.250 e. The molecule has 0 amide bonds. The van der Waals surface area contributed by atoms with Crippen LogP contribution in [0.4, 0.5) is 0 Å². The van der Waals surface area contributed by atoms with Gasteiger partial charge in [-0.2, -0.15) is 0 Å². The monoisotopic (exact) mass is 114 g/mol. The molecule has 7 heavy (non-hydrogen) atoms. The summed E-state index contributed by atoms with van der Waals surface area (Å²) in [5.41, 5.74) is 2.62. The Labute approximate surface area is 48.4 Å². The molecule has 0 saturated heterocycles. The Morgan fingerprint density at radius 1 is 2.14 bits per heavy atom. The second-order valence-corrected chi connectivity index (χ2v) is 1.91. The van der Waals surface area contributed by atoms with E-state index in [4.69, 9.17) is 1.37 Å². The van der Waals surface area contributed by atoms with Gasteiger partial charge < -0.3 is 0 Å². The van der Waals surface area contributed by atoms with Gasteiger partial charge in [0.1, 0.15) is 0 Å². The number of nitrogens with zero attached hydrogens (tertiary/aromatic N) is 1. The minimum absolute atomic E-state index is 0.604. The zero-order valence-corrected chi connectivity index (χ0v) is 4.96. The van der Waals surface area contributed by atoms with E-state index in [2.05, 4.69) is 4.98 Å². The topological polar surface area (TPSA) is 12.9 Å². The minimum atomic E-state index is 0.604. The lowest BCUT2D eigenvalue weighted by atomic mass is 10.4. The fraction of sp³-hybridized carbons (Fsp3) is 0.400. The van der Waals surface area contributed by atoms with E-state index in [1.807, 2.05) is 6.92 Å². The number of thiazole rings is 1. The second-order valence-electron chi connectivity index (χ2n) is 1.25. The lowest BCUT2D eigenvalue weighted by Crippen LogP contribution is -1.73. The van der Waals surface area contributed by atoms with E-state index in [0.29, 0.717) is 5.36 Å². The molecule has 0 radical (unpaired) electrons. The Morgan fingerprint density at radius 3 is 3.29 bits per heavy atom. The van der Waals surface area contributed by atoms with Crippen LogP contribution in [0, 0.1) is 0 Å². The molecule has 1 nitrogen and oxygen atoms in total. The van der Waals surface area contributed by atoms with Crippen molar-refractivity contribution < 1.29 is 1.37 Å². The standard InChI is InChI=1S/C5H7NS/c1-2-5-3-7-4-6-5/h3-4H,2H2,1H3/i3D. The SMILES string of the molecule is [2H]c1scnc1CC. The van der Waals surface area contributed by atoms with Crippen molar-refractivity contribution in [1.82, 2.24) is 4.98 Å². The van der Waals surface area contributed by atoms with E-state index >= 15 is 0 Å². The number of hydrogen-bond acceptors (Lipinski definition) is 2. The highest BCUT2D eigenvalue weighted by molar-refractivity contribution is 7.07. The van der Waals surface area contributed by atoms with Gasteiger partial charge in [0, 0.05) is 5.36 Å². The average Bonchev–Trinajstić information content (AvgIpc) is 2.14. The highest BCUT2D eigenvalue weighted by Gasteiger charge is 1.84. The van der Waals surface area contributed by atoms with Crippen molar-refractivity contribution in [3.63, 3.8) is 0 Å². The Kier molecular flexibility index (Phi) is 1.07. The van der Waals surface area contributed by atoms with E-state index in [1.165, 1.54) is 11.3 Å². The zero-order valence-electron chi connectivity index (χ0n) is 5.14. The van der Waals surface area contributed by atoms with E-state index in [1.54, 1.807) is 5.51 Å². The van der Waals surface area contributed by atoms with Crippen molar-refractivity contribution in [2.24, 2.45) is 0 Å². The molecule has 1 aromatic heterocycles. The van der Waals surface area contributed by atoms with Gasteiger partial charge in [-0.3, -0.25) is 0 Å². The highest BCUT2D eigenvalue weighted by atomic mass is 32.1. The lowest BCUT2D eigenvalue weighted by Gasteiger charge is -1.77. The summed E-state index contributed by atoms with van der Waals surface area (Å²) in [4.78, 5) is 3.97. The van der Waals surface area contributed by atoms with Crippen molar-refractivity contribution >= 4 is 11.3 Å². The smallest absolute Gasteiger partial charge is 0.0794 e. The van der Waals surface area contributed by atoms with Crippen LogP contribution in [0.2, 0.25) is 0 Å². The first-order valence-corrected chi connectivity index (χ1v) is 3.11. The van der Waals surface area contributed by atoms with E-state index in [9.17, 15) is 0 Å². The molecule has 0 unspecified atom stereocenters. The Bertz CT molecular complexity index is 173. The summed E-state index contributed by atoms with van der Waals surface area (Å²) in [6, 6.07) is 0. The first-order chi connectivity index (χ1) is 3.84. The molecule has 0 saturated carbocycles. The zero-order chi connectivity index (χ0) is 5.98. The maximum atomic E-state index is 7.21. The molecule has 0 aliphatic rings. The van der Waals surface area contributed by atoms with Crippen molar-refractivity contribution in [3.05, 3.63) is 16.6 Å². The van der Waals surface area contributed by atoms with Crippen molar-refractivity contribution in [3.8, 4) is 0 Å². The highest BCUT2D eigenvalue weighted by Crippen LogP contribution is 1.99. The lowest BCUT2D eigenvalue weighted by molar-refractivity contribution is 1.06. The van der Waals surface area contributed by atoms with Crippen molar-refractivity contribution in [1.29, 1.82) is 0 Å². The van der Waals surface area contributed by atoms with Crippen LogP contribution in [0.3, 0.4) is 0 Å². The molecule has 1 rings (SSSR count). The van der Waals surface area contributed by atoms with E-state index < -0.39 is 0 Å². The van der Waals surface area contributed by atoms with Crippen LogP contribution in [0.15, 0.2) is 10.9 Å². The first kappa shape index (κ1) is 3.61. The molecule has 0 N–H and O–H groups in total. The summed E-state index contributed by atoms with van der Waals surface area (Å²) in [6.45, 7) is 2.01. The molecule has 0 bridgehead atoms. The third-order valence-electron chi connectivity index (χ3n) is 0.773. The summed E-state index contributed by atoms with van der Waals surface area (Å²) in [5, 5.41) is 0.604. The molecule has 0 spiro atoms. The summed E-state index contributed by atoms with van der Waals surface area (Å²) >= 11 is 1.38. The summed E-state index contributed by atoms with van der Waals surface area (Å²) in [6.07, 6.45) is 0.877. The van der Waals surface area contributed by atoms with Gasteiger partial charge in [0.15, 0.2) is 0 Å². The normalized spacial score (nSPS) is 11.3. The predicted octanol–water partition coefficient (Wildman–Crippen LogP) is 1.71. The molecule has 38 valence electrons. The number of aryl methyl sites for hydroxylation is 1. The third-order valence-corrected chi connectivity index (χ3v) is 1.34. The summed E-state index contributed by atoms with van der Waals surface area (Å²) < 4.78 is 7.21. The van der Waals surface area contributed by atoms with Crippen LogP contribution in [0.25, 0.3) is 0 Å². The maximum Gasteiger partial charge on any atom is 0.0794 e. The van der Waals surface area contributed by atoms with Crippen molar-refractivity contribution in [2.75, 3.05) is 0 Å². The molecular weight excluding hydrogens is 106 g/mol. The van der Waals surface area contributed by atoms with Gasteiger partial charge in [-0.25, -0.2) is 4.98 Å². The van der Waals surface area contributed by atoms with Gasteiger partial charge in [-0.1, -0.05) is 6.92 Å². The summed E-state index contributed by atoms with van der Waals surface area (Å²) in [7, 11) is 0. The third kappa shape index (κ3) is 0.996. The number of hydrogen-bond donors (Lipinski definition) is 0. The van der Waals surface area contributed by atoms with E-state index in [0.717, 1.165) is 12.1 Å². The molecule has 0 aliphatic carbocycles. The molecule has 0 aliphatic heterocycles. The van der Waals surface area contributed by atoms with E-state index in [-0.39, 0.29) is 0 Å². The van der Waals surface area contributed by atoms with Gasteiger partial charge in [-0.05, 0) is 6.42 Å². The average molecular weight is 114 g/mol. The molecule has 0 aromatic carbocycles. The first-order valence-electron chi connectivity index (χ1n) is 2.73. The Morgan fingerprint density at radius 2 is 3.00 bits per heavy atom. The fourth-order valence-corrected chi connectivity index (χ4v) is 0.940. The maximum absolute atomic E-state index is 7.21. The van der Waals surface area contributed by atoms with Gasteiger partial charge >= 0.3 is 0 Å². The van der Waals surface area contributed by atoms with Gasteiger partial charge in [0.2, 0.25) is 0 Å². The van der Waals surface area contributed by atoms with Gasteiger partial charge in [0.25, 0.3) is 0 Å². The number of rotatable bonds is 1. The molecule has 0 atom stereocenters. The van der Waals surface area contributed by atoms with Crippen LogP contribution >= 0.6 is 11.3 Å². The molecular formula is C5H7NS. The summed E-state index contributed by atoms with van der Waals surface area (Å²) in [5.74, 6) is 0. The predicted molar refractivity (Wildman–Crippen MR) is 31.5 cm³/mol. The van der Waals surface area contributed by atoms with Gasteiger partial charge in [-0.15, -0.1) is 11.3 Å². The van der Waals surface area contributed by atoms with Crippen LogP contribution in [-0.4, -0.2) is 4.98 Å². The Hall–Kier alpha value is -0.370. The molecule has 2 heteroatoms. The van der Waals surface area contributed by atoms with Crippen LogP contribution < -0.4 is 0 Å². The Balaban J connectivity index is 2.92. The second kappa shape index (κ2) is 2.07. The quantitative estimate of drug-likeness (QED) is 0.541. The largest absolute Gasteiger partial charge is 0.250 e. The van der Waals surface area contributed by atoms with Crippen LogP contribution in [0.1, 0.15) is 14.0 Å². The molecule has 0 fully saturated rings.